The number of carbonyl (C=O) groups excluding carboxylic acids is 2. The second-order valence-corrected chi connectivity index (χ2v) is 8.49. The maximum Gasteiger partial charge on any atom is 0.256 e. The second kappa shape index (κ2) is 9.65. The molecule has 0 bridgehead atoms. The number of aromatic nitrogens is 4. The highest BCUT2D eigenvalue weighted by Crippen LogP contribution is 2.33. The molecule has 1 N–H and O–H groups in total. The molecule has 8 nitrogen and oxygen atoms in total. The molecular formula is C26H22F2N6O2. The predicted octanol–water partition coefficient (Wildman–Crippen LogP) is 4.37. The number of nitrogens with one attached hydrogen (secondary N) is 1. The highest BCUT2D eigenvalue weighted by Gasteiger charge is 2.28. The Bertz CT molecular complexity index is 1450. The standard InChI is InChI=1S/C26H22F2N6O2/c1-2-23(35)33-11-3-4-19(15-33)34-25-20(13-29-14-21(25)28)24(32-34)16-5-7-17(8-6-16)26(36)31-22-10-9-18(27)12-30-22/h2,5-10,12-14,19H,1,3-4,11,15H2,(H,30,31,36). The highest BCUT2D eigenvalue weighted by atomic mass is 19.1. The van der Waals surface area contributed by atoms with Gasteiger partial charge in [0.2, 0.25) is 5.91 Å². The largest absolute Gasteiger partial charge is 0.337 e. The Morgan fingerprint density at radius 3 is 2.61 bits per heavy atom. The fourth-order valence-electron chi connectivity index (χ4n) is 4.42. The van der Waals surface area contributed by atoms with Gasteiger partial charge in [-0.2, -0.15) is 5.10 Å². The van der Waals surface area contributed by atoms with E-state index in [1.54, 1.807) is 40.0 Å². The van der Waals surface area contributed by atoms with E-state index in [2.05, 4.69) is 21.9 Å². The van der Waals surface area contributed by atoms with Crippen LogP contribution in [0.5, 0.6) is 0 Å². The van der Waals surface area contributed by atoms with Crippen LogP contribution in [0.1, 0.15) is 29.2 Å². The van der Waals surface area contributed by atoms with Crippen molar-refractivity contribution in [3.05, 3.63) is 84.8 Å². The van der Waals surface area contributed by atoms with Crippen LogP contribution in [-0.4, -0.2) is 49.6 Å². The number of pyridine rings is 2. The van der Waals surface area contributed by atoms with Crippen molar-refractivity contribution in [3.8, 4) is 11.3 Å². The lowest BCUT2D eigenvalue weighted by molar-refractivity contribution is -0.127. The molecule has 1 fully saturated rings. The van der Waals surface area contributed by atoms with Gasteiger partial charge in [0.25, 0.3) is 5.91 Å². The summed E-state index contributed by atoms with van der Waals surface area (Å²) in [6.45, 7) is 4.58. The van der Waals surface area contributed by atoms with Crippen molar-refractivity contribution in [2.45, 2.75) is 18.9 Å². The molecular weight excluding hydrogens is 466 g/mol. The lowest BCUT2D eigenvalue weighted by Gasteiger charge is -2.32. The van der Waals surface area contributed by atoms with Gasteiger partial charge in [-0.3, -0.25) is 19.3 Å². The summed E-state index contributed by atoms with van der Waals surface area (Å²) in [6.07, 6.45) is 6.52. The summed E-state index contributed by atoms with van der Waals surface area (Å²) in [5, 5.41) is 7.89. The number of amides is 2. The number of rotatable bonds is 5. The molecule has 4 heterocycles. The number of halogens is 2. The molecule has 1 saturated heterocycles. The zero-order valence-electron chi connectivity index (χ0n) is 19.2. The molecule has 0 saturated carbocycles. The summed E-state index contributed by atoms with van der Waals surface area (Å²) in [6, 6.07) is 9.06. The van der Waals surface area contributed by atoms with Gasteiger partial charge in [-0.15, -0.1) is 0 Å². The van der Waals surface area contributed by atoms with Crippen LogP contribution in [0.25, 0.3) is 22.2 Å². The number of hydrogen-bond acceptors (Lipinski definition) is 5. The van der Waals surface area contributed by atoms with E-state index in [9.17, 15) is 18.4 Å². The quantitative estimate of drug-likeness (QED) is 0.421. The van der Waals surface area contributed by atoms with Crippen LogP contribution in [0.15, 0.2) is 67.6 Å². The van der Waals surface area contributed by atoms with E-state index in [0.29, 0.717) is 40.8 Å². The van der Waals surface area contributed by atoms with Gasteiger partial charge < -0.3 is 10.2 Å². The van der Waals surface area contributed by atoms with E-state index < -0.39 is 17.5 Å². The maximum absolute atomic E-state index is 15.0. The number of piperidine rings is 1. The summed E-state index contributed by atoms with van der Waals surface area (Å²) < 4.78 is 29.6. The molecule has 1 aliphatic heterocycles. The number of nitrogens with zero attached hydrogens (tertiary/aromatic N) is 5. The first-order valence-electron chi connectivity index (χ1n) is 11.4. The van der Waals surface area contributed by atoms with Crippen molar-refractivity contribution in [1.82, 2.24) is 24.6 Å². The Kier molecular flexibility index (Phi) is 6.24. The molecule has 36 heavy (non-hydrogen) atoms. The van der Waals surface area contributed by atoms with Crippen molar-refractivity contribution < 1.29 is 18.4 Å². The lowest BCUT2D eigenvalue weighted by atomic mass is 10.0. The molecule has 4 aromatic rings. The Balaban J connectivity index is 1.45. The maximum atomic E-state index is 15.0. The number of fused-ring (bicyclic) bond motifs is 1. The van der Waals surface area contributed by atoms with Gasteiger partial charge in [0.05, 0.1) is 18.4 Å². The van der Waals surface area contributed by atoms with Crippen LogP contribution in [0.2, 0.25) is 0 Å². The Labute approximate surface area is 205 Å². The third-order valence-corrected chi connectivity index (χ3v) is 6.18. The first kappa shape index (κ1) is 23.3. The molecule has 1 unspecified atom stereocenters. The minimum atomic E-state index is -0.499. The van der Waals surface area contributed by atoms with Crippen LogP contribution in [-0.2, 0) is 4.79 Å². The van der Waals surface area contributed by atoms with Crippen LogP contribution in [0.4, 0.5) is 14.6 Å². The molecule has 1 aliphatic rings. The summed E-state index contributed by atoms with van der Waals surface area (Å²) in [7, 11) is 0. The number of hydrogen-bond donors (Lipinski definition) is 1. The average molecular weight is 488 g/mol. The molecule has 5 rings (SSSR count). The Morgan fingerprint density at radius 2 is 1.89 bits per heavy atom. The summed E-state index contributed by atoms with van der Waals surface area (Å²) >= 11 is 0. The van der Waals surface area contributed by atoms with Gasteiger partial charge >= 0.3 is 0 Å². The molecule has 1 atom stereocenters. The van der Waals surface area contributed by atoms with Crippen molar-refractivity contribution in [2.24, 2.45) is 0 Å². The van der Waals surface area contributed by atoms with Gasteiger partial charge in [0, 0.05) is 35.8 Å². The average Bonchev–Trinajstić information content (AvgIpc) is 3.31. The van der Waals surface area contributed by atoms with Crippen molar-refractivity contribution in [1.29, 1.82) is 0 Å². The van der Waals surface area contributed by atoms with E-state index in [4.69, 9.17) is 5.10 Å². The Morgan fingerprint density at radius 1 is 1.08 bits per heavy atom. The lowest BCUT2D eigenvalue weighted by Crippen LogP contribution is -2.40. The second-order valence-electron chi connectivity index (χ2n) is 8.49. The zero-order valence-corrected chi connectivity index (χ0v) is 19.2. The van der Waals surface area contributed by atoms with Crippen LogP contribution < -0.4 is 5.32 Å². The third kappa shape index (κ3) is 4.45. The van der Waals surface area contributed by atoms with E-state index in [0.717, 1.165) is 25.2 Å². The van der Waals surface area contributed by atoms with Gasteiger partial charge in [0.15, 0.2) is 5.82 Å². The minimum absolute atomic E-state index is 0.164. The first-order valence-corrected chi connectivity index (χ1v) is 11.4. The van der Waals surface area contributed by atoms with Crippen molar-refractivity contribution >= 4 is 28.5 Å². The first-order chi connectivity index (χ1) is 17.4. The third-order valence-electron chi connectivity index (χ3n) is 6.18. The number of anilines is 1. The molecule has 1 aromatic carbocycles. The molecule has 182 valence electrons. The summed E-state index contributed by atoms with van der Waals surface area (Å²) in [5.74, 6) is -1.33. The van der Waals surface area contributed by atoms with Gasteiger partial charge in [-0.1, -0.05) is 18.7 Å². The summed E-state index contributed by atoms with van der Waals surface area (Å²) in [4.78, 5) is 34.2. The van der Waals surface area contributed by atoms with Crippen molar-refractivity contribution in [3.63, 3.8) is 0 Å². The fraction of sp³-hybridized carbons (Fsp3) is 0.192. The molecule has 0 spiro atoms. The number of likely N-dealkylation sites (tertiary alicyclic amines) is 1. The smallest absolute Gasteiger partial charge is 0.256 e. The van der Waals surface area contributed by atoms with Crippen LogP contribution >= 0.6 is 0 Å². The molecule has 0 radical (unpaired) electrons. The SMILES string of the molecule is C=CC(=O)N1CCCC(n2nc(-c3ccc(C(=O)Nc4ccc(F)cn4)cc3)c3cncc(F)c32)C1. The van der Waals surface area contributed by atoms with Crippen LogP contribution in [0.3, 0.4) is 0 Å². The molecule has 2 amide bonds. The topological polar surface area (TPSA) is 93.0 Å². The fourth-order valence-corrected chi connectivity index (χ4v) is 4.42. The normalized spacial score (nSPS) is 15.6. The van der Waals surface area contributed by atoms with E-state index in [-0.39, 0.29) is 17.8 Å². The zero-order chi connectivity index (χ0) is 25.2. The van der Waals surface area contributed by atoms with Crippen molar-refractivity contribution in [2.75, 3.05) is 18.4 Å². The minimum Gasteiger partial charge on any atom is -0.337 e. The molecule has 0 aliphatic carbocycles. The van der Waals surface area contributed by atoms with Gasteiger partial charge in [0.1, 0.15) is 22.8 Å². The highest BCUT2D eigenvalue weighted by molar-refractivity contribution is 6.04. The van der Waals surface area contributed by atoms with E-state index in [1.165, 1.54) is 18.2 Å². The Hall–Kier alpha value is -4.47. The monoisotopic (exact) mass is 488 g/mol. The van der Waals surface area contributed by atoms with Gasteiger partial charge in [-0.05, 0) is 43.2 Å². The van der Waals surface area contributed by atoms with Crippen LogP contribution in [0, 0.1) is 11.6 Å². The van der Waals surface area contributed by atoms with E-state index in [1.807, 2.05) is 0 Å². The number of carbonyl (C=O) groups is 2. The molecule has 10 heteroatoms. The van der Waals surface area contributed by atoms with Gasteiger partial charge in [-0.25, -0.2) is 13.8 Å². The number of benzene rings is 1. The summed E-state index contributed by atoms with van der Waals surface area (Å²) in [5.41, 5.74) is 1.89. The predicted molar refractivity (Wildman–Crippen MR) is 130 cm³/mol. The van der Waals surface area contributed by atoms with E-state index >= 15 is 0 Å². The molecule has 3 aromatic heterocycles.